The van der Waals surface area contributed by atoms with Crippen LogP contribution in [0.1, 0.15) is 25.3 Å². The molecule has 1 saturated heterocycles. The van der Waals surface area contributed by atoms with Crippen LogP contribution in [0.3, 0.4) is 0 Å². The Bertz CT molecular complexity index is 533. The summed E-state index contributed by atoms with van der Waals surface area (Å²) in [4.78, 5) is 24.2. The van der Waals surface area contributed by atoms with E-state index >= 15 is 0 Å². The molecule has 0 unspecified atom stereocenters. The summed E-state index contributed by atoms with van der Waals surface area (Å²) >= 11 is 0. The number of hydrogen-bond donors (Lipinski definition) is 1. The van der Waals surface area contributed by atoms with E-state index in [0.717, 1.165) is 24.9 Å². The molecule has 2 rings (SSSR count). The molecule has 1 heterocycles. The maximum atomic E-state index is 12.2. The van der Waals surface area contributed by atoms with E-state index in [2.05, 4.69) is 5.32 Å². The number of hydrogen-bond acceptors (Lipinski definition) is 4. The molecular weight excluding hydrogens is 298 g/mol. The Morgan fingerprint density at radius 1 is 1.43 bits per heavy atom. The van der Waals surface area contributed by atoms with Crippen molar-refractivity contribution in [2.24, 2.45) is 5.92 Å². The highest BCUT2D eigenvalue weighted by atomic mass is 16.6. The molecule has 23 heavy (non-hydrogen) atoms. The van der Waals surface area contributed by atoms with Crippen molar-refractivity contribution in [1.82, 2.24) is 10.2 Å². The highest BCUT2D eigenvalue weighted by Crippen LogP contribution is 2.17. The van der Waals surface area contributed by atoms with E-state index in [4.69, 9.17) is 4.74 Å². The van der Waals surface area contributed by atoms with Crippen molar-refractivity contribution >= 4 is 11.7 Å². The van der Waals surface area contributed by atoms with Gasteiger partial charge in [-0.15, -0.1) is 0 Å². The summed E-state index contributed by atoms with van der Waals surface area (Å²) < 4.78 is 5.45. The summed E-state index contributed by atoms with van der Waals surface area (Å²) in [5.74, 6) is 0.397. The lowest BCUT2D eigenvalue weighted by molar-refractivity contribution is -0.384. The molecule has 7 heteroatoms. The van der Waals surface area contributed by atoms with Crippen molar-refractivity contribution in [2.45, 2.75) is 26.3 Å². The minimum absolute atomic E-state index is 0.0508. The fourth-order valence-corrected chi connectivity index (χ4v) is 2.70. The summed E-state index contributed by atoms with van der Waals surface area (Å²) in [6.07, 6.45) is 2.08. The van der Waals surface area contributed by atoms with Gasteiger partial charge in [0, 0.05) is 44.3 Å². The first-order chi connectivity index (χ1) is 11.1. The number of carbonyl (C=O) groups is 1. The van der Waals surface area contributed by atoms with Gasteiger partial charge in [0.1, 0.15) is 0 Å². The zero-order valence-corrected chi connectivity index (χ0v) is 13.4. The first-order valence-electron chi connectivity index (χ1n) is 7.94. The molecule has 1 aliphatic rings. The molecule has 7 nitrogen and oxygen atoms in total. The summed E-state index contributed by atoms with van der Waals surface area (Å²) in [6, 6.07) is 6.12. The molecule has 1 aromatic carbocycles. The minimum atomic E-state index is -0.436. The quantitative estimate of drug-likeness (QED) is 0.644. The number of benzene rings is 1. The number of nitro benzene ring substituents is 1. The standard InChI is InChI=1S/C16H23N3O4/c1-2-23-12-14-4-3-9-18(11-14)16(20)17-10-13-5-7-15(8-6-13)19(21)22/h5-8,14H,2-4,9-12H2,1H3,(H,17,20)/t14-/m1/s1. The summed E-state index contributed by atoms with van der Waals surface area (Å²) in [6.45, 7) is 5.20. The number of non-ortho nitro benzene ring substituents is 1. The summed E-state index contributed by atoms with van der Waals surface area (Å²) in [7, 11) is 0. The highest BCUT2D eigenvalue weighted by molar-refractivity contribution is 5.74. The molecule has 1 N–H and O–H groups in total. The Kier molecular flexibility index (Phi) is 6.34. The number of amides is 2. The van der Waals surface area contributed by atoms with Crippen molar-refractivity contribution in [2.75, 3.05) is 26.3 Å². The average Bonchev–Trinajstić information content (AvgIpc) is 2.58. The van der Waals surface area contributed by atoms with Crippen molar-refractivity contribution in [3.8, 4) is 0 Å². The molecule has 0 aromatic heterocycles. The van der Waals surface area contributed by atoms with Crippen molar-refractivity contribution in [3.05, 3.63) is 39.9 Å². The van der Waals surface area contributed by atoms with Crippen LogP contribution in [0.5, 0.6) is 0 Å². The summed E-state index contributed by atoms with van der Waals surface area (Å²) in [5, 5.41) is 13.5. The van der Waals surface area contributed by atoms with Gasteiger partial charge in [0.2, 0.25) is 0 Å². The predicted molar refractivity (Wildman–Crippen MR) is 86.1 cm³/mol. The van der Waals surface area contributed by atoms with E-state index in [9.17, 15) is 14.9 Å². The van der Waals surface area contributed by atoms with Gasteiger partial charge in [-0.3, -0.25) is 10.1 Å². The Hall–Kier alpha value is -2.15. The number of nitrogens with one attached hydrogen (secondary N) is 1. The van der Waals surface area contributed by atoms with Crippen LogP contribution in [-0.2, 0) is 11.3 Å². The molecule has 1 aromatic rings. The average molecular weight is 321 g/mol. The van der Waals surface area contributed by atoms with Gasteiger partial charge in [-0.25, -0.2) is 4.79 Å². The Balaban J connectivity index is 1.80. The van der Waals surface area contributed by atoms with Gasteiger partial charge in [-0.05, 0) is 25.3 Å². The molecule has 0 bridgehead atoms. The number of likely N-dealkylation sites (tertiary alicyclic amines) is 1. The van der Waals surface area contributed by atoms with Crippen LogP contribution in [0.2, 0.25) is 0 Å². The van der Waals surface area contributed by atoms with Crippen LogP contribution in [0, 0.1) is 16.0 Å². The van der Waals surface area contributed by atoms with Gasteiger partial charge in [-0.2, -0.15) is 0 Å². The smallest absolute Gasteiger partial charge is 0.317 e. The number of rotatable bonds is 6. The Labute approximate surface area is 135 Å². The first kappa shape index (κ1) is 17.2. The lowest BCUT2D eigenvalue weighted by atomic mass is 9.99. The third-order valence-electron chi connectivity index (χ3n) is 3.95. The van der Waals surface area contributed by atoms with Gasteiger partial charge >= 0.3 is 6.03 Å². The molecule has 1 atom stereocenters. The van der Waals surface area contributed by atoms with E-state index in [-0.39, 0.29) is 11.7 Å². The number of urea groups is 1. The fourth-order valence-electron chi connectivity index (χ4n) is 2.70. The zero-order valence-electron chi connectivity index (χ0n) is 13.4. The van der Waals surface area contributed by atoms with E-state index in [0.29, 0.717) is 32.2 Å². The molecular formula is C16H23N3O4. The van der Waals surface area contributed by atoms with Gasteiger partial charge in [0.15, 0.2) is 0 Å². The number of ether oxygens (including phenoxy) is 1. The first-order valence-corrected chi connectivity index (χ1v) is 7.94. The molecule has 126 valence electrons. The number of piperidine rings is 1. The molecule has 0 saturated carbocycles. The predicted octanol–water partition coefficient (Wildman–Crippen LogP) is 2.55. The molecule has 0 aliphatic carbocycles. The lowest BCUT2D eigenvalue weighted by Gasteiger charge is -2.32. The molecule has 2 amide bonds. The third-order valence-corrected chi connectivity index (χ3v) is 3.95. The number of nitrogens with zero attached hydrogens (tertiary/aromatic N) is 2. The number of nitro groups is 1. The monoisotopic (exact) mass is 321 g/mol. The minimum Gasteiger partial charge on any atom is -0.381 e. The molecule has 0 radical (unpaired) electrons. The normalized spacial score (nSPS) is 17.8. The van der Waals surface area contributed by atoms with Gasteiger partial charge in [0.05, 0.1) is 11.5 Å². The van der Waals surface area contributed by atoms with Crippen molar-refractivity contribution < 1.29 is 14.5 Å². The molecule has 1 fully saturated rings. The van der Waals surface area contributed by atoms with E-state index in [1.165, 1.54) is 12.1 Å². The second-order valence-corrected chi connectivity index (χ2v) is 5.70. The zero-order chi connectivity index (χ0) is 16.7. The second-order valence-electron chi connectivity index (χ2n) is 5.70. The van der Waals surface area contributed by atoms with Gasteiger partial charge < -0.3 is 15.0 Å². The third kappa shape index (κ3) is 5.21. The van der Waals surface area contributed by atoms with Crippen LogP contribution in [0.4, 0.5) is 10.5 Å². The largest absolute Gasteiger partial charge is 0.381 e. The van der Waals surface area contributed by atoms with Crippen LogP contribution in [0.15, 0.2) is 24.3 Å². The molecule has 0 spiro atoms. The fraction of sp³-hybridized carbons (Fsp3) is 0.562. The maximum Gasteiger partial charge on any atom is 0.317 e. The Morgan fingerprint density at radius 2 is 2.17 bits per heavy atom. The van der Waals surface area contributed by atoms with Gasteiger partial charge in [-0.1, -0.05) is 12.1 Å². The maximum absolute atomic E-state index is 12.2. The Morgan fingerprint density at radius 3 is 2.83 bits per heavy atom. The number of carbonyl (C=O) groups excluding carboxylic acids is 1. The second kappa shape index (κ2) is 8.47. The van der Waals surface area contributed by atoms with Crippen molar-refractivity contribution in [1.29, 1.82) is 0 Å². The van der Waals surface area contributed by atoms with Crippen LogP contribution >= 0.6 is 0 Å². The highest BCUT2D eigenvalue weighted by Gasteiger charge is 2.23. The SMILES string of the molecule is CCOC[C@@H]1CCCN(C(=O)NCc2ccc([N+](=O)[O-])cc2)C1. The van der Waals surface area contributed by atoms with E-state index in [1.54, 1.807) is 12.1 Å². The van der Waals surface area contributed by atoms with Crippen LogP contribution in [-0.4, -0.2) is 42.2 Å². The topological polar surface area (TPSA) is 84.7 Å². The van der Waals surface area contributed by atoms with Gasteiger partial charge in [0.25, 0.3) is 5.69 Å². The van der Waals surface area contributed by atoms with Crippen molar-refractivity contribution in [3.63, 3.8) is 0 Å². The van der Waals surface area contributed by atoms with Crippen LogP contribution < -0.4 is 5.32 Å². The summed E-state index contributed by atoms with van der Waals surface area (Å²) in [5.41, 5.74) is 0.890. The van der Waals surface area contributed by atoms with E-state index < -0.39 is 4.92 Å². The van der Waals surface area contributed by atoms with E-state index in [1.807, 2.05) is 11.8 Å². The van der Waals surface area contributed by atoms with Crippen LogP contribution in [0.25, 0.3) is 0 Å². The molecule has 1 aliphatic heterocycles. The lowest BCUT2D eigenvalue weighted by Crippen LogP contribution is -2.46.